The molecule has 9 aromatic heterocycles. The van der Waals surface area contributed by atoms with Crippen LogP contribution in [0.25, 0.3) is 66.4 Å². The van der Waals surface area contributed by atoms with Crippen LogP contribution in [0.2, 0.25) is 15.1 Å². The zero-order chi connectivity index (χ0) is 65.9. The van der Waals surface area contributed by atoms with Gasteiger partial charge < -0.3 is 22.6 Å². The molecule has 0 atom stereocenters. The summed E-state index contributed by atoms with van der Waals surface area (Å²) in [4.78, 5) is 74.2. The maximum absolute atomic E-state index is 13.7. The van der Waals surface area contributed by atoms with Crippen molar-refractivity contribution < 1.29 is 23.3 Å². The van der Waals surface area contributed by atoms with E-state index in [9.17, 15) is 14.4 Å². The second-order valence-corrected chi connectivity index (χ2v) is 24.8. The molecule has 0 unspecified atom stereocenters. The molecule has 0 N–H and O–H groups in total. The molecule has 0 amide bonds. The minimum Gasteiger partial charge on any atom is -0.431 e. The smallest absolute Gasteiger partial charge is 0.245 e. The molecular weight excluding hydrogens is 1280 g/mol. The Morgan fingerprint density at radius 2 is 0.884 bits per heavy atom. The number of aromatic nitrogens is 12. The first-order chi connectivity index (χ1) is 46.1. The van der Waals surface area contributed by atoms with E-state index in [4.69, 9.17) is 43.7 Å². The van der Waals surface area contributed by atoms with E-state index in [1.54, 1.807) is 49.1 Å². The van der Waals surface area contributed by atoms with E-state index in [1.165, 1.54) is 36.5 Å². The van der Waals surface area contributed by atoms with Crippen molar-refractivity contribution in [1.82, 2.24) is 58.7 Å². The summed E-state index contributed by atoms with van der Waals surface area (Å²) in [6, 6.07) is 50.3. The van der Waals surface area contributed by atoms with Gasteiger partial charge in [-0.2, -0.15) is 0 Å². The Morgan fingerprint density at radius 1 is 0.432 bits per heavy atom. The fourth-order valence-corrected chi connectivity index (χ4v) is 12.8. The number of nitrogens with zero attached hydrogens (tertiary/aromatic N) is 12. The number of hydrogen-bond acceptors (Lipinski definition) is 15. The van der Waals surface area contributed by atoms with Crippen LogP contribution in [0.3, 0.4) is 0 Å². The lowest BCUT2D eigenvalue weighted by molar-refractivity contribution is 0.0997. The van der Waals surface area contributed by atoms with Gasteiger partial charge in [-0.1, -0.05) is 118 Å². The first-order valence-corrected chi connectivity index (χ1v) is 31.9. The molecule has 0 fully saturated rings. The van der Waals surface area contributed by atoms with E-state index in [1.807, 2.05) is 138 Å². The van der Waals surface area contributed by atoms with Crippen LogP contribution in [0, 0.1) is 34.6 Å². The van der Waals surface area contributed by atoms with E-state index in [2.05, 4.69) is 89.1 Å². The van der Waals surface area contributed by atoms with Gasteiger partial charge in [0.2, 0.25) is 29.0 Å². The summed E-state index contributed by atoms with van der Waals surface area (Å²) in [6.45, 7) is 11.9. The van der Waals surface area contributed by atoms with Crippen LogP contribution in [0.5, 0.6) is 0 Å². The molecule has 95 heavy (non-hydrogen) atoms. The second kappa shape index (κ2) is 27.4. The van der Waals surface area contributed by atoms with Crippen LogP contribution in [-0.2, 0) is 19.6 Å². The summed E-state index contributed by atoms with van der Waals surface area (Å²) >= 11 is 19.5. The molecule has 0 spiro atoms. The predicted molar refractivity (Wildman–Crippen MR) is 370 cm³/mol. The number of oxazole rings is 1. The number of ketones is 3. The van der Waals surface area contributed by atoms with Gasteiger partial charge in [0.05, 0.1) is 33.5 Å². The van der Waals surface area contributed by atoms with Crippen molar-refractivity contribution in [2.75, 3.05) is 0 Å². The Bertz CT molecular complexity index is 5090. The van der Waals surface area contributed by atoms with E-state index in [0.29, 0.717) is 78.5 Å². The highest BCUT2D eigenvalue weighted by atomic mass is 35.5. The molecule has 0 aliphatic rings. The normalized spacial score (nSPS) is 11.2. The molecule has 468 valence electrons. The van der Waals surface area contributed by atoms with Crippen LogP contribution >= 0.6 is 46.1 Å². The molecule has 0 aliphatic carbocycles. The molecule has 15 aromatic rings. The van der Waals surface area contributed by atoms with Crippen molar-refractivity contribution in [3.05, 3.63) is 301 Å². The summed E-state index contributed by atoms with van der Waals surface area (Å²) in [7, 11) is 0. The lowest BCUT2D eigenvalue weighted by Gasteiger charge is -2.09. The van der Waals surface area contributed by atoms with Crippen LogP contribution < -0.4 is 0 Å². The molecule has 17 nitrogen and oxygen atoms in total. The third kappa shape index (κ3) is 13.3. The molecule has 0 radical (unpaired) electrons. The number of carbonyl (C=O) groups excluding carboxylic acids is 3. The fraction of sp³-hybridized carbons (Fsp3) is 0.108. The van der Waals surface area contributed by atoms with Gasteiger partial charge in [0.1, 0.15) is 41.1 Å². The summed E-state index contributed by atoms with van der Waals surface area (Å²) in [6.07, 6.45) is 12.3. The van der Waals surface area contributed by atoms with Crippen molar-refractivity contribution in [2.24, 2.45) is 0 Å². The van der Waals surface area contributed by atoms with Crippen LogP contribution in [-0.4, -0.2) is 76.1 Å². The van der Waals surface area contributed by atoms with Gasteiger partial charge in [0.15, 0.2) is 5.76 Å². The molecule has 21 heteroatoms. The summed E-state index contributed by atoms with van der Waals surface area (Å²) in [5, 5.41) is 9.56. The third-order valence-electron chi connectivity index (χ3n) is 16.3. The average Bonchev–Trinajstić information content (AvgIpc) is 1.62. The molecule has 9 heterocycles. The zero-order valence-corrected chi connectivity index (χ0v) is 54.8. The van der Waals surface area contributed by atoms with Gasteiger partial charge in [0.25, 0.3) is 0 Å². The predicted octanol–water partition coefficient (Wildman–Crippen LogP) is 17.1. The van der Waals surface area contributed by atoms with Gasteiger partial charge in [-0.3, -0.25) is 14.4 Å². The van der Waals surface area contributed by atoms with E-state index < -0.39 is 0 Å². The number of para-hydroxylation sites is 1. The Morgan fingerprint density at radius 3 is 1.39 bits per heavy atom. The minimum absolute atomic E-state index is 0.0224. The second-order valence-electron chi connectivity index (χ2n) is 22.5. The van der Waals surface area contributed by atoms with Crippen molar-refractivity contribution in [1.29, 1.82) is 0 Å². The molecule has 0 saturated carbocycles. The fourth-order valence-electron chi connectivity index (χ4n) is 11.6. The molecule has 6 aromatic carbocycles. The highest BCUT2D eigenvalue weighted by molar-refractivity contribution is 7.17. The minimum atomic E-state index is -0.212. The molecule has 0 saturated heterocycles. The number of thiazole rings is 1. The Balaban J connectivity index is 0.000000129. The number of benzene rings is 6. The van der Waals surface area contributed by atoms with Crippen LogP contribution in [0.4, 0.5) is 0 Å². The highest BCUT2D eigenvalue weighted by Crippen LogP contribution is 2.36. The third-order valence-corrected chi connectivity index (χ3v) is 18.0. The van der Waals surface area contributed by atoms with Gasteiger partial charge in [-0.05, 0) is 136 Å². The first-order valence-electron chi connectivity index (χ1n) is 30.0. The Labute approximate surface area is 563 Å². The lowest BCUT2D eigenvalue weighted by atomic mass is 10.0. The summed E-state index contributed by atoms with van der Waals surface area (Å²) in [5.41, 5.74) is 15.4. The van der Waals surface area contributed by atoms with Crippen LogP contribution in [0.15, 0.2) is 217 Å². The maximum Gasteiger partial charge on any atom is 0.245 e. The maximum atomic E-state index is 13.7. The molecule has 15 rings (SSSR count). The average molecular weight is 1330 g/mol. The Kier molecular flexibility index (Phi) is 18.1. The number of aryl methyl sites for hydroxylation is 2. The molecule has 0 bridgehead atoms. The van der Waals surface area contributed by atoms with Crippen molar-refractivity contribution in [3.63, 3.8) is 0 Å². The quantitative estimate of drug-likeness (QED) is 0.0875. The number of halogens is 3. The highest BCUT2D eigenvalue weighted by Gasteiger charge is 2.28. The lowest BCUT2D eigenvalue weighted by Crippen LogP contribution is -2.05. The van der Waals surface area contributed by atoms with Gasteiger partial charge >= 0.3 is 0 Å². The molecule has 0 aliphatic heterocycles. The summed E-state index contributed by atoms with van der Waals surface area (Å²) < 4.78 is 17.7. The van der Waals surface area contributed by atoms with Crippen molar-refractivity contribution in [3.8, 4) is 33.7 Å². The van der Waals surface area contributed by atoms with E-state index in [0.717, 1.165) is 83.2 Å². The van der Waals surface area contributed by atoms with Gasteiger partial charge in [-0.15, -0.1) is 11.3 Å². The van der Waals surface area contributed by atoms with Crippen LogP contribution in [0.1, 0.15) is 92.4 Å². The largest absolute Gasteiger partial charge is 0.431 e. The standard InChI is InChI=1S/C25H19ClN4O2.C25H19ClN4OS.C24H17ClN4O2/c1-15-3-8-22-19(11-15)24(16(2)30(22)13-17-4-6-18(26)7-5-17)25(31)23-12-21(29-32-23)20-9-10-27-14-28-20;1-15-3-8-21-19(11-15)23(16(2)30(21)13-17-4-6-18(26)7-5-17)24(31)22-12-28-25(32-22)20-9-10-27-14-29-20;1-15-22(23(30)21-12-27-24(31-21)19-10-11-26-14-28-19)18-4-2-3-5-20(18)29(15)13-16-6-8-17(25)9-7-16/h2*3-12,14H,13H2,1-2H3;2-12,14H,13H2,1H3. The van der Waals surface area contributed by atoms with E-state index in [-0.39, 0.29) is 34.8 Å². The zero-order valence-electron chi connectivity index (χ0n) is 51.7. The van der Waals surface area contributed by atoms with Gasteiger partial charge in [-0.25, -0.2) is 39.9 Å². The van der Waals surface area contributed by atoms with Crippen molar-refractivity contribution in [2.45, 2.75) is 54.3 Å². The Hall–Kier alpha value is -10.9. The number of rotatable bonds is 15. The van der Waals surface area contributed by atoms with Gasteiger partial charge in [0, 0.05) is 115 Å². The SMILES string of the molecule is Cc1c(C(=O)c2cnc(-c3ccncn3)o2)c2ccccc2n1Cc1ccc(Cl)cc1.Cc1ccc2c(c1)c(C(=O)c1cc(-c3ccncn3)no1)c(C)n2Cc1ccc(Cl)cc1.Cc1ccc2c(c1)c(C(=O)c1cnc(-c3ccncn3)s1)c(C)n2Cc1ccc(Cl)cc1. The molecular formula is C74H55Cl3N12O5S. The number of carbonyl (C=O) groups is 3. The van der Waals surface area contributed by atoms with Crippen molar-refractivity contribution >= 4 is 96.2 Å². The van der Waals surface area contributed by atoms with E-state index >= 15 is 0 Å². The topological polar surface area (TPSA) is 208 Å². The first kappa shape index (κ1) is 62.9. The monoisotopic (exact) mass is 1330 g/mol. The summed E-state index contributed by atoms with van der Waals surface area (Å²) in [5.74, 6) is 0.191. The number of hydrogen-bond donors (Lipinski definition) is 0. The number of fused-ring (bicyclic) bond motifs is 3.